The van der Waals surface area contributed by atoms with Crippen LogP contribution >= 0.6 is 0 Å². The van der Waals surface area contributed by atoms with Crippen molar-refractivity contribution in [3.05, 3.63) is 84.7 Å². The predicted octanol–water partition coefficient (Wildman–Crippen LogP) is 6.38. The van der Waals surface area contributed by atoms with Gasteiger partial charge in [0.1, 0.15) is 23.7 Å². The number of nitrogens with one attached hydrogen (secondary N) is 4. The number of carbonyl (C=O) groups is 4. The van der Waals surface area contributed by atoms with Gasteiger partial charge in [-0.15, -0.1) is 0 Å². The predicted molar refractivity (Wildman–Crippen MR) is 233 cm³/mol. The lowest BCUT2D eigenvalue weighted by atomic mass is 9.98. The van der Waals surface area contributed by atoms with E-state index in [2.05, 4.69) is 88.2 Å². The number of carbonyl (C=O) groups excluding carboxylic acids is 4. The number of aromatic amines is 2. The fourth-order valence-corrected chi connectivity index (χ4v) is 9.94. The number of alkyl carbamates (subject to hydrolysis) is 2. The van der Waals surface area contributed by atoms with E-state index in [1.54, 1.807) is 13.8 Å². The molecule has 4 amide bonds. The molecule has 0 unspecified atom stereocenters. The topological polar surface area (TPSA) is 193 Å². The van der Waals surface area contributed by atoms with Gasteiger partial charge in [-0.25, -0.2) is 19.6 Å². The number of fused-ring (bicyclic) bond motifs is 3. The molecule has 2 aliphatic carbocycles. The summed E-state index contributed by atoms with van der Waals surface area (Å²) in [5.41, 5.74) is 5.81. The second kappa shape index (κ2) is 16.8. The number of hydrogen-bond donors (Lipinski definition) is 4. The highest BCUT2D eigenvalue weighted by atomic mass is 16.5. The van der Waals surface area contributed by atoms with Gasteiger partial charge in [-0.1, -0.05) is 55.5 Å². The van der Waals surface area contributed by atoms with Crippen molar-refractivity contribution in [3.8, 4) is 33.6 Å². The van der Waals surface area contributed by atoms with Gasteiger partial charge in [0.2, 0.25) is 11.8 Å². The SMILES string of the molecule is COC(=O)N[C@H](C(=O)N1[C@@H]2[C@H](C)[C@@H]2C[C@H]1c1ncc(-c2ccc3cc(-c4ccc(-c5cnc([C@@H]6C[C@H]7C[C@H]7N6C(=O)[C@@H](NC(=O)OC)[C@@H](C)OC)[nH]5)cc4)ccc3c2)[nH]1)[C@@H](C)OC. The number of hydrogen-bond acceptors (Lipinski definition) is 10. The Balaban J connectivity index is 0.885. The Bertz CT molecular complexity index is 2540. The lowest BCUT2D eigenvalue weighted by molar-refractivity contribution is -0.139. The molecule has 0 radical (unpaired) electrons. The first-order valence-corrected chi connectivity index (χ1v) is 21.6. The Labute approximate surface area is 365 Å². The molecule has 4 fully saturated rings. The maximum absolute atomic E-state index is 14.1. The summed E-state index contributed by atoms with van der Waals surface area (Å²) in [5, 5.41) is 7.52. The first kappa shape index (κ1) is 42.1. The lowest BCUT2D eigenvalue weighted by Crippen LogP contribution is -2.55. The van der Waals surface area contributed by atoms with Gasteiger partial charge in [0.15, 0.2) is 0 Å². The van der Waals surface area contributed by atoms with Crippen molar-refractivity contribution in [1.82, 2.24) is 40.4 Å². The molecule has 330 valence electrons. The number of benzene rings is 3. The summed E-state index contributed by atoms with van der Waals surface area (Å²) in [6, 6.07) is 19.0. The summed E-state index contributed by atoms with van der Waals surface area (Å²) in [6.45, 7) is 5.67. The second-order valence-electron chi connectivity index (χ2n) is 17.4. The minimum atomic E-state index is -0.901. The van der Waals surface area contributed by atoms with Gasteiger partial charge in [-0.2, -0.15) is 0 Å². The molecular formula is C47H54N8O8. The molecule has 4 heterocycles. The first-order valence-electron chi connectivity index (χ1n) is 21.6. The van der Waals surface area contributed by atoms with Crippen LogP contribution in [0.15, 0.2) is 73.1 Å². The number of ether oxygens (including phenoxy) is 4. The van der Waals surface area contributed by atoms with Crippen LogP contribution in [0, 0.1) is 17.8 Å². The van der Waals surface area contributed by atoms with Crippen molar-refractivity contribution in [3.63, 3.8) is 0 Å². The van der Waals surface area contributed by atoms with Crippen LogP contribution in [-0.2, 0) is 28.5 Å². The van der Waals surface area contributed by atoms with Gasteiger partial charge >= 0.3 is 12.2 Å². The number of methoxy groups -OCH3 is 4. The number of H-pyrrole nitrogens is 2. The number of likely N-dealkylation sites (tertiary alicyclic amines) is 2. The third-order valence-electron chi connectivity index (χ3n) is 13.9. The van der Waals surface area contributed by atoms with E-state index >= 15 is 0 Å². The van der Waals surface area contributed by atoms with Crippen LogP contribution in [0.2, 0.25) is 0 Å². The maximum atomic E-state index is 14.1. The largest absolute Gasteiger partial charge is 0.453 e. The van der Waals surface area contributed by atoms with E-state index < -0.39 is 36.5 Å². The molecule has 2 saturated carbocycles. The van der Waals surface area contributed by atoms with Crippen LogP contribution < -0.4 is 10.6 Å². The molecule has 11 atom stereocenters. The molecule has 0 bridgehead atoms. The summed E-state index contributed by atoms with van der Waals surface area (Å²) < 4.78 is 20.6. The third kappa shape index (κ3) is 7.79. The number of rotatable bonds is 13. The second-order valence-corrected chi connectivity index (χ2v) is 17.4. The fourth-order valence-electron chi connectivity index (χ4n) is 9.94. The average Bonchev–Trinajstić information content (AvgIpc) is 3.77. The molecule has 4 aliphatic rings. The fraction of sp³-hybridized carbons (Fsp3) is 0.447. The van der Waals surface area contributed by atoms with E-state index in [1.165, 1.54) is 28.4 Å². The van der Waals surface area contributed by atoms with Crippen LogP contribution in [0.1, 0.15) is 63.8 Å². The van der Waals surface area contributed by atoms with Crippen molar-refractivity contribution in [2.24, 2.45) is 17.8 Å². The molecule has 2 saturated heterocycles. The van der Waals surface area contributed by atoms with Gasteiger partial charge in [0, 0.05) is 31.9 Å². The highest BCUT2D eigenvalue weighted by Gasteiger charge is 2.62. The summed E-state index contributed by atoms with van der Waals surface area (Å²) in [5.74, 6) is 2.16. The van der Waals surface area contributed by atoms with Crippen LogP contribution in [-0.4, -0.2) is 119 Å². The number of amides is 4. The zero-order valence-corrected chi connectivity index (χ0v) is 36.5. The number of piperidine rings is 2. The third-order valence-corrected chi connectivity index (χ3v) is 13.9. The standard InChI is InChI=1S/C47H54N8O8/c1-23-33-20-38(55(41(23)33)45(57)40(25(3)61-5)53-47(59)63-7)43-49-22-35(51-43)31-15-14-29-16-28(12-13-30(29)17-31)26-8-10-27(11-9-26)34-21-48-42(50-34)37-19-32-18-36(32)54(37)44(56)39(24(2)60-4)52-46(58)62-6/h8-17,21-25,32-33,36-41H,18-20H2,1-7H3,(H,48,50)(H,49,51)(H,52,58)(H,53,59)/t23-,24-,25-,32-,33+,36-,37+,38+,39+,40+,41-/m1/s1. The van der Waals surface area contributed by atoms with Gasteiger partial charge in [-0.05, 0) is 90.5 Å². The highest BCUT2D eigenvalue weighted by molar-refractivity contribution is 5.91. The van der Waals surface area contributed by atoms with Gasteiger partial charge < -0.3 is 49.3 Å². The summed E-state index contributed by atoms with van der Waals surface area (Å²) >= 11 is 0. The summed E-state index contributed by atoms with van der Waals surface area (Å²) in [7, 11) is 5.58. The monoisotopic (exact) mass is 858 g/mol. The normalized spacial score (nSPS) is 25.1. The Morgan fingerprint density at radius 2 is 1.14 bits per heavy atom. The van der Waals surface area contributed by atoms with E-state index in [-0.39, 0.29) is 36.0 Å². The summed E-state index contributed by atoms with van der Waals surface area (Å²) in [4.78, 5) is 72.6. The zero-order chi connectivity index (χ0) is 44.3. The Hall–Kier alpha value is -6.26. The maximum Gasteiger partial charge on any atom is 0.407 e. The van der Waals surface area contributed by atoms with Crippen molar-refractivity contribution in [2.45, 2.75) is 88.5 Å². The van der Waals surface area contributed by atoms with E-state index in [1.807, 2.05) is 22.2 Å². The van der Waals surface area contributed by atoms with Gasteiger partial charge in [0.05, 0.1) is 62.3 Å². The lowest BCUT2D eigenvalue weighted by Gasteiger charge is -2.33. The number of imidazole rings is 2. The Morgan fingerprint density at radius 1 is 0.651 bits per heavy atom. The van der Waals surface area contributed by atoms with E-state index in [4.69, 9.17) is 28.9 Å². The number of nitrogens with zero attached hydrogens (tertiary/aromatic N) is 4. The zero-order valence-electron chi connectivity index (χ0n) is 36.5. The minimum absolute atomic E-state index is 0.0766. The quantitative estimate of drug-likeness (QED) is 0.103. The molecule has 4 N–H and O–H groups in total. The van der Waals surface area contributed by atoms with E-state index in [0.717, 1.165) is 63.7 Å². The van der Waals surface area contributed by atoms with Gasteiger partial charge in [0.25, 0.3) is 0 Å². The van der Waals surface area contributed by atoms with Crippen molar-refractivity contribution < 1.29 is 38.1 Å². The van der Waals surface area contributed by atoms with Crippen LogP contribution in [0.3, 0.4) is 0 Å². The molecule has 3 aromatic carbocycles. The molecular weight excluding hydrogens is 805 g/mol. The van der Waals surface area contributed by atoms with Crippen molar-refractivity contribution in [2.75, 3.05) is 28.4 Å². The molecule has 2 aliphatic heterocycles. The van der Waals surface area contributed by atoms with Gasteiger partial charge in [-0.3, -0.25) is 9.59 Å². The number of aromatic nitrogens is 4. The molecule has 2 aromatic heterocycles. The van der Waals surface area contributed by atoms with Crippen molar-refractivity contribution >= 4 is 34.8 Å². The van der Waals surface area contributed by atoms with Crippen LogP contribution in [0.4, 0.5) is 9.59 Å². The molecule has 16 nitrogen and oxygen atoms in total. The average molecular weight is 859 g/mol. The van der Waals surface area contributed by atoms with E-state index in [0.29, 0.717) is 29.4 Å². The first-order chi connectivity index (χ1) is 30.4. The van der Waals surface area contributed by atoms with Crippen LogP contribution in [0.25, 0.3) is 44.4 Å². The molecule has 16 heteroatoms. The van der Waals surface area contributed by atoms with E-state index in [9.17, 15) is 19.2 Å². The Kier molecular flexibility index (Phi) is 11.2. The molecule has 0 spiro atoms. The molecule has 9 rings (SSSR count). The molecule has 5 aromatic rings. The minimum Gasteiger partial charge on any atom is -0.453 e. The smallest absolute Gasteiger partial charge is 0.407 e. The summed E-state index contributed by atoms with van der Waals surface area (Å²) in [6.07, 6.45) is 3.69. The van der Waals surface area contributed by atoms with Crippen molar-refractivity contribution in [1.29, 1.82) is 0 Å². The highest BCUT2D eigenvalue weighted by Crippen LogP contribution is 2.58. The van der Waals surface area contributed by atoms with Crippen LogP contribution in [0.5, 0.6) is 0 Å². The molecule has 63 heavy (non-hydrogen) atoms. The Morgan fingerprint density at radius 3 is 1.71 bits per heavy atom.